The molecule has 9 heteroatoms. The third-order valence-electron chi connectivity index (χ3n) is 5.98. The summed E-state index contributed by atoms with van der Waals surface area (Å²) in [6, 6.07) is 17.8. The first kappa shape index (κ1) is 27.4. The Bertz CT molecular complexity index is 1570. The Morgan fingerprint density at radius 3 is 2.42 bits per heavy atom. The topological polar surface area (TPSA) is 93.1 Å². The van der Waals surface area contributed by atoms with Crippen LogP contribution in [0.4, 0.5) is 5.69 Å². The number of amides is 2. The monoisotopic (exact) mass is 548 g/mol. The Labute approximate surface area is 230 Å². The lowest BCUT2D eigenvalue weighted by Gasteiger charge is -2.14. The van der Waals surface area contributed by atoms with Crippen LogP contribution in [0.5, 0.6) is 0 Å². The number of nitrogens with zero attached hydrogens (tertiary/aromatic N) is 2. The smallest absolute Gasteiger partial charge is 0.262 e. The molecule has 0 bridgehead atoms. The van der Waals surface area contributed by atoms with Crippen LogP contribution in [0.3, 0.4) is 0 Å². The van der Waals surface area contributed by atoms with Crippen molar-refractivity contribution in [3.05, 3.63) is 98.3 Å². The van der Waals surface area contributed by atoms with Crippen LogP contribution in [-0.2, 0) is 11.3 Å². The van der Waals surface area contributed by atoms with E-state index in [2.05, 4.69) is 15.6 Å². The molecule has 38 heavy (non-hydrogen) atoms. The second kappa shape index (κ2) is 11.8. The molecule has 2 N–H and O–H groups in total. The molecule has 7 nitrogen and oxygen atoms in total. The van der Waals surface area contributed by atoms with Crippen LogP contribution in [0.1, 0.15) is 40.9 Å². The summed E-state index contributed by atoms with van der Waals surface area (Å²) in [5.41, 5.74) is 4.57. The van der Waals surface area contributed by atoms with E-state index in [4.69, 9.17) is 11.6 Å². The zero-order valence-corrected chi connectivity index (χ0v) is 23.2. The van der Waals surface area contributed by atoms with Crippen molar-refractivity contribution in [2.75, 3.05) is 11.1 Å². The van der Waals surface area contributed by atoms with Crippen LogP contribution in [0.15, 0.2) is 70.6 Å². The van der Waals surface area contributed by atoms with Crippen molar-refractivity contribution in [3.8, 4) is 0 Å². The summed E-state index contributed by atoms with van der Waals surface area (Å²) in [5.74, 6) is -0.278. The molecular formula is C29H29ClN4O3S. The number of aromatic nitrogens is 2. The zero-order chi connectivity index (χ0) is 27.4. The van der Waals surface area contributed by atoms with E-state index in [-0.39, 0.29) is 35.7 Å². The summed E-state index contributed by atoms with van der Waals surface area (Å²) >= 11 is 7.35. The molecule has 0 radical (unpaired) electrons. The lowest BCUT2D eigenvalue weighted by Crippen LogP contribution is -2.30. The second-order valence-corrected chi connectivity index (χ2v) is 10.8. The average Bonchev–Trinajstić information content (AvgIpc) is 2.87. The molecule has 0 aliphatic heterocycles. The third kappa shape index (κ3) is 6.62. The average molecular weight is 549 g/mol. The van der Waals surface area contributed by atoms with Gasteiger partial charge in [-0.05, 0) is 86.8 Å². The van der Waals surface area contributed by atoms with Gasteiger partial charge in [0.05, 0.1) is 23.2 Å². The number of thioether (sulfide) groups is 1. The zero-order valence-electron chi connectivity index (χ0n) is 21.7. The van der Waals surface area contributed by atoms with Gasteiger partial charge in [-0.15, -0.1) is 0 Å². The molecule has 0 aliphatic rings. The highest BCUT2D eigenvalue weighted by Gasteiger charge is 2.15. The van der Waals surface area contributed by atoms with Gasteiger partial charge in [-0.2, -0.15) is 0 Å². The van der Waals surface area contributed by atoms with Crippen molar-refractivity contribution < 1.29 is 9.59 Å². The highest BCUT2D eigenvalue weighted by Crippen LogP contribution is 2.22. The molecule has 196 valence electrons. The predicted molar refractivity (Wildman–Crippen MR) is 154 cm³/mol. The number of carbonyl (C=O) groups excluding carboxylic acids is 2. The molecule has 3 aromatic carbocycles. The predicted octanol–water partition coefficient (Wildman–Crippen LogP) is 5.58. The van der Waals surface area contributed by atoms with Crippen molar-refractivity contribution in [1.29, 1.82) is 0 Å². The highest BCUT2D eigenvalue weighted by molar-refractivity contribution is 7.99. The van der Waals surface area contributed by atoms with Gasteiger partial charge in [0, 0.05) is 22.3 Å². The lowest BCUT2D eigenvalue weighted by molar-refractivity contribution is -0.113. The summed E-state index contributed by atoms with van der Waals surface area (Å²) in [5, 5.41) is 7.03. The number of benzene rings is 3. The van der Waals surface area contributed by atoms with Crippen LogP contribution in [0.2, 0.25) is 5.02 Å². The van der Waals surface area contributed by atoms with Gasteiger partial charge in [-0.1, -0.05) is 41.6 Å². The van der Waals surface area contributed by atoms with E-state index in [1.165, 1.54) is 16.3 Å². The van der Waals surface area contributed by atoms with Crippen LogP contribution < -0.4 is 16.2 Å². The summed E-state index contributed by atoms with van der Waals surface area (Å²) in [6.45, 7) is 8.04. The fourth-order valence-electron chi connectivity index (χ4n) is 3.86. The summed E-state index contributed by atoms with van der Waals surface area (Å²) < 4.78 is 1.54. The standard InChI is InChI=1S/C29H29ClN4O3S/c1-17(2)31-27(36)21-8-6-20(7-9-21)15-34-28(37)24-14-22(30)10-12-25(24)33-29(34)38-16-26(35)32-23-11-5-18(3)19(4)13-23/h5-14,17H,15-16H2,1-4H3,(H,31,36)(H,32,35). The Morgan fingerprint density at radius 1 is 1.00 bits per heavy atom. The first-order chi connectivity index (χ1) is 18.1. The minimum absolute atomic E-state index is 0.0306. The van der Waals surface area contributed by atoms with Crippen LogP contribution >= 0.6 is 23.4 Å². The molecule has 0 unspecified atom stereocenters. The summed E-state index contributed by atoms with van der Waals surface area (Å²) in [6.07, 6.45) is 0. The van der Waals surface area contributed by atoms with Gasteiger partial charge in [0.15, 0.2) is 5.16 Å². The van der Waals surface area contributed by atoms with E-state index in [9.17, 15) is 14.4 Å². The minimum atomic E-state index is -0.254. The Hall–Kier alpha value is -3.62. The van der Waals surface area contributed by atoms with E-state index in [0.717, 1.165) is 22.4 Å². The third-order valence-corrected chi connectivity index (χ3v) is 7.19. The molecule has 4 rings (SSSR count). The summed E-state index contributed by atoms with van der Waals surface area (Å²) in [7, 11) is 0. The molecule has 2 amide bonds. The highest BCUT2D eigenvalue weighted by atomic mass is 35.5. The first-order valence-electron chi connectivity index (χ1n) is 12.2. The second-order valence-electron chi connectivity index (χ2n) is 9.41. The number of nitrogens with one attached hydrogen (secondary N) is 2. The number of hydrogen-bond acceptors (Lipinski definition) is 5. The van der Waals surface area contributed by atoms with Crippen molar-refractivity contribution in [3.63, 3.8) is 0 Å². The number of carbonyl (C=O) groups is 2. The maximum atomic E-state index is 13.5. The first-order valence-corrected chi connectivity index (χ1v) is 13.6. The van der Waals surface area contributed by atoms with E-state index in [1.54, 1.807) is 30.3 Å². The van der Waals surface area contributed by atoms with Crippen molar-refractivity contribution in [2.45, 2.75) is 45.4 Å². The maximum absolute atomic E-state index is 13.5. The Kier molecular flexibility index (Phi) is 8.54. The van der Waals surface area contributed by atoms with Gasteiger partial charge >= 0.3 is 0 Å². The Balaban J connectivity index is 1.59. The van der Waals surface area contributed by atoms with E-state index >= 15 is 0 Å². The molecule has 0 aliphatic carbocycles. The number of rotatable bonds is 8. The molecule has 0 atom stereocenters. The number of halogens is 1. The molecule has 0 saturated heterocycles. The number of hydrogen-bond donors (Lipinski definition) is 2. The summed E-state index contributed by atoms with van der Waals surface area (Å²) in [4.78, 5) is 43.2. The van der Waals surface area contributed by atoms with Gasteiger partial charge in [0.1, 0.15) is 0 Å². The molecule has 1 aromatic heterocycles. The fourth-order valence-corrected chi connectivity index (χ4v) is 4.83. The Morgan fingerprint density at radius 2 is 1.74 bits per heavy atom. The fraction of sp³-hybridized carbons (Fsp3) is 0.241. The van der Waals surface area contributed by atoms with Crippen LogP contribution in [0.25, 0.3) is 10.9 Å². The van der Waals surface area contributed by atoms with Gasteiger partial charge in [-0.25, -0.2) is 4.98 Å². The van der Waals surface area contributed by atoms with Gasteiger partial charge < -0.3 is 10.6 Å². The SMILES string of the molecule is Cc1ccc(NC(=O)CSc2nc3ccc(Cl)cc3c(=O)n2Cc2ccc(C(=O)NC(C)C)cc2)cc1C. The van der Waals surface area contributed by atoms with Crippen LogP contribution in [0, 0.1) is 13.8 Å². The molecule has 1 heterocycles. The minimum Gasteiger partial charge on any atom is -0.350 e. The lowest BCUT2D eigenvalue weighted by atomic mass is 10.1. The van der Waals surface area contributed by atoms with Crippen molar-refractivity contribution in [2.24, 2.45) is 0 Å². The van der Waals surface area contributed by atoms with E-state index < -0.39 is 0 Å². The van der Waals surface area contributed by atoms with E-state index in [0.29, 0.717) is 26.6 Å². The van der Waals surface area contributed by atoms with Gasteiger partial charge in [0.25, 0.3) is 11.5 Å². The molecule has 0 spiro atoms. The van der Waals surface area contributed by atoms with Crippen LogP contribution in [-0.4, -0.2) is 33.2 Å². The van der Waals surface area contributed by atoms with Crippen molar-refractivity contribution in [1.82, 2.24) is 14.9 Å². The molecule has 4 aromatic rings. The normalized spacial score (nSPS) is 11.1. The number of fused-ring (bicyclic) bond motifs is 1. The largest absolute Gasteiger partial charge is 0.350 e. The molecule has 0 fully saturated rings. The quantitative estimate of drug-likeness (QED) is 0.221. The van der Waals surface area contributed by atoms with Crippen molar-refractivity contribution >= 4 is 51.8 Å². The molecule has 0 saturated carbocycles. The van der Waals surface area contributed by atoms with Gasteiger partial charge in [0.2, 0.25) is 5.91 Å². The molecular weight excluding hydrogens is 520 g/mol. The van der Waals surface area contributed by atoms with E-state index in [1.807, 2.05) is 58.0 Å². The number of aryl methyl sites for hydroxylation is 2. The number of anilines is 1. The van der Waals surface area contributed by atoms with Gasteiger partial charge in [-0.3, -0.25) is 19.0 Å². The maximum Gasteiger partial charge on any atom is 0.262 e.